The van der Waals surface area contributed by atoms with Gasteiger partial charge in [-0.3, -0.25) is 10.2 Å². The van der Waals surface area contributed by atoms with Gasteiger partial charge in [-0.1, -0.05) is 0 Å². The smallest absolute Gasteiger partial charge is 0.368 e. The van der Waals surface area contributed by atoms with Gasteiger partial charge in [0.25, 0.3) is 5.91 Å². The van der Waals surface area contributed by atoms with Crippen LogP contribution in [0.2, 0.25) is 0 Å². The average Bonchev–Trinajstić information content (AvgIpc) is 2.00. The summed E-state index contributed by atoms with van der Waals surface area (Å²) in [6.45, 7) is 0.774. The molecule has 0 radical (unpaired) electrons. The normalized spacial score (nSPS) is 13.9. The summed E-state index contributed by atoms with van der Waals surface area (Å²) in [6, 6.07) is 0. The molecule has 0 saturated carbocycles. The third-order valence-corrected chi connectivity index (χ3v) is 1.26. The van der Waals surface area contributed by atoms with Crippen LogP contribution in [-0.4, -0.2) is 24.8 Å². The van der Waals surface area contributed by atoms with E-state index in [0.717, 1.165) is 0 Å². The number of ether oxygens (including phenoxy) is 1. The first kappa shape index (κ1) is 12.2. The highest BCUT2D eigenvalue weighted by atomic mass is 19.4. The van der Waals surface area contributed by atoms with Crippen LogP contribution in [-0.2, 0) is 9.53 Å². The molecule has 0 aromatic carbocycles. The number of carbonyl (C=O) groups is 1. The van der Waals surface area contributed by atoms with E-state index in [2.05, 4.69) is 4.74 Å². The van der Waals surface area contributed by atoms with E-state index < -0.39 is 31.2 Å². The Labute approximate surface area is 73.2 Å². The van der Waals surface area contributed by atoms with Gasteiger partial charge in [-0.25, -0.2) is 5.84 Å². The van der Waals surface area contributed by atoms with E-state index in [-0.39, 0.29) is 0 Å². The lowest BCUT2D eigenvalue weighted by Crippen LogP contribution is -2.39. The lowest BCUT2D eigenvalue weighted by Gasteiger charge is -2.12. The molecule has 1 amide bonds. The fourth-order valence-electron chi connectivity index (χ4n) is 0.544. The zero-order valence-electron chi connectivity index (χ0n) is 7.02. The van der Waals surface area contributed by atoms with Gasteiger partial charge in [0, 0.05) is 0 Å². The summed E-state index contributed by atoms with van der Waals surface area (Å²) in [5, 5.41) is 0. The molecule has 0 fully saturated rings. The van der Waals surface area contributed by atoms with Crippen molar-refractivity contribution in [3.8, 4) is 0 Å². The second kappa shape index (κ2) is 5.03. The van der Waals surface area contributed by atoms with Crippen molar-refractivity contribution in [3.63, 3.8) is 0 Å². The van der Waals surface area contributed by atoms with Crippen molar-refractivity contribution in [2.24, 2.45) is 5.84 Å². The number of nitrogens with two attached hydrogens (primary N) is 1. The number of amides is 1. The maximum atomic E-state index is 11.6. The van der Waals surface area contributed by atoms with Crippen LogP contribution in [0.1, 0.15) is 13.3 Å². The van der Waals surface area contributed by atoms with Crippen LogP contribution in [0.25, 0.3) is 0 Å². The molecule has 13 heavy (non-hydrogen) atoms. The summed E-state index contributed by atoms with van der Waals surface area (Å²) in [5.74, 6) is 4.08. The molecule has 0 aromatic rings. The van der Waals surface area contributed by atoms with E-state index in [1.807, 2.05) is 0 Å². The first-order valence-corrected chi connectivity index (χ1v) is 3.55. The zero-order chi connectivity index (χ0) is 10.5. The number of nitrogens with one attached hydrogen (secondary N) is 1. The maximum Gasteiger partial charge on any atom is 0.391 e. The molecule has 0 aliphatic carbocycles. The fraction of sp³-hybridized carbons (Fsp3) is 0.833. The Kier molecular flexibility index (Phi) is 4.71. The van der Waals surface area contributed by atoms with Gasteiger partial charge in [-0.15, -0.1) is 0 Å². The maximum absolute atomic E-state index is 11.6. The fourth-order valence-corrected chi connectivity index (χ4v) is 0.544. The summed E-state index contributed by atoms with van der Waals surface area (Å²) in [7, 11) is 0. The van der Waals surface area contributed by atoms with Gasteiger partial charge in [0.15, 0.2) is 0 Å². The van der Waals surface area contributed by atoms with Crippen LogP contribution < -0.4 is 11.3 Å². The lowest BCUT2D eigenvalue weighted by atomic mass is 10.4. The Hall–Kier alpha value is -0.820. The van der Waals surface area contributed by atoms with E-state index in [1.165, 1.54) is 6.92 Å². The summed E-state index contributed by atoms with van der Waals surface area (Å²) >= 11 is 0. The molecule has 1 atom stereocenters. The number of hydrogen-bond donors (Lipinski definition) is 2. The van der Waals surface area contributed by atoms with Crippen molar-refractivity contribution in [1.29, 1.82) is 0 Å². The summed E-state index contributed by atoms with van der Waals surface area (Å²) in [5.41, 5.74) is 1.77. The summed E-state index contributed by atoms with van der Waals surface area (Å²) in [6.07, 6.45) is -6.30. The van der Waals surface area contributed by atoms with Crippen LogP contribution in [0.3, 0.4) is 0 Å². The van der Waals surface area contributed by atoms with E-state index >= 15 is 0 Å². The predicted octanol–water partition coefficient (Wildman–Crippen LogP) is 0.334. The Morgan fingerprint density at radius 2 is 2.15 bits per heavy atom. The monoisotopic (exact) mass is 200 g/mol. The minimum Gasteiger partial charge on any atom is -0.368 e. The molecule has 0 spiro atoms. The largest absolute Gasteiger partial charge is 0.391 e. The minimum absolute atomic E-state index is 0.544. The first-order valence-electron chi connectivity index (χ1n) is 3.55. The SMILES string of the molecule is CC(OCCC(F)(F)F)C(=O)NN. The van der Waals surface area contributed by atoms with Crippen LogP contribution in [0, 0.1) is 0 Å². The summed E-state index contributed by atoms with van der Waals surface area (Å²) < 4.78 is 39.3. The van der Waals surface area contributed by atoms with Crippen LogP contribution in [0.4, 0.5) is 13.2 Å². The Balaban J connectivity index is 3.59. The first-order chi connectivity index (χ1) is 5.87. The topological polar surface area (TPSA) is 64.3 Å². The Bertz CT molecular complexity index is 172. The molecular weight excluding hydrogens is 189 g/mol. The second-order valence-electron chi connectivity index (χ2n) is 2.39. The van der Waals surface area contributed by atoms with Gasteiger partial charge < -0.3 is 4.74 Å². The van der Waals surface area contributed by atoms with Crippen LogP contribution in [0.15, 0.2) is 0 Å². The number of hydrogen-bond acceptors (Lipinski definition) is 3. The quantitative estimate of drug-likeness (QED) is 0.390. The average molecular weight is 200 g/mol. The predicted molar refractivity (Wildman–Crippen MR) is 38.4 cm³/mol. The van der Waals surface area contributed by atoms with E-state index in [9.17, 15) is 18.0 Å². The molecule has 7 heteroatoms. The van der Waals surface area contributed by atoms with Crippen LogP contribution >= 0.6 is 0 Å². The second-order valence-corrected chi connectivity index (χ2v) is 2.39. The molecule has 3 N–H and O–H groups in total. The van der Waals surface area contributed by atoms with Crippen molar-refractivity contribution in [3.05, 3.63) is 0 Å². The van der Waals surface area contributed by atoms with Gasteiger partial charge in [0.2, 0.25) is 0 Å². The highest BCUT2D eigenvalue weighted by molar-refractivity contribution is 5.79. The number of hydrazine groups is 1. The third kappa shape index (κ3) is 6.35. The molecule has 4 nitrogen and oxygen atoms in total. The van der Waals surface area contributed by atoms with Crippen molar-refractivity contribution in [2.75, 3.05) is 6.61 Å². The highest BCUT2D eigenvalue weighted by Gasteiger charge is 2.27. The molecule has 0 bridgehead atoms. The zero-order valence-corrected chi connectivity index (χ0v) is 7.02. The summed E-state index contributed by atoms with van der Waals surface area (Å²) in [4.78, 5) is 10.6. The standard InChI is InChI=1S/C6H11F3N2O2/c1-4(5(12)11-10)13-3-2-6(7,8)9/h4H,2-3,10H2,1H3,(H,11,12). The van der Waals surface area contributed by atoms with Crippen molar-refractivity contribution in [1.82, 2.24) is 5.43 Å². The third-order valence-electron chi connectivity index (χ3n) is 1.26. The number of halogens is 3. The molecule has 0 saturated heterocycles. The number of rotatable bonds is 4. The van der Waals surface area contributed by atoms with Crippen molar-refractivity contribution < 1.29 is 22.7 Å². The number of carbonyl (C=O) groups excluding carboxylic acids is 1. The van der Waals surface area contributed by atoms with Gasteiger partial charge >= 0.3 is 6.18 Å². The van der Waals surface area contributed by atoms with E-state index in [1.54, 1.807) is 5.43 Å². The molecule has 0 aliphatic heterocycles. The van der Waals surface area contributed by atoms with Gasteiger partial charge in [-0.05, 0) is 6.92 Å². The minimum atomic E-state index is -4.26. The number of alkyl halides is 3. The van der Waals surface area contributed by atoms with Gasteiger partial charge in [0.1, 0.15) is 6.10 Å². The Morgan fingerprint density at radius 1 is 1.62 bits per heavy atom. The van der Waals surface area contributed by atoms with Crippen molar-refractivity contribution in [2.45, 2.75) is 25.6 Å². The molecule has 0 heterocycles. The van der Waals surface area contributed by atoms with Gasteiger partial charge in [-0.2, -0.15) is 13.2 Å². The Morgan fingerprint density at radius 3 is 2.54 bits per heavy atom. The molecular formula is C6H11F3N2O2. The van der Waals surface area contributed by atoms with Gasteiger partial charge in [0.05, 0.1) is 13.0 Å². The molecule has 78 valence electrons. The molecule has 1 unspecified atom stereocenters. The molecule has 0 rings (SSSR count). The molecule has 0 aliphatic rings. The van der Waals surface area contributed by atoms with E-state index in [4.69, 9.17) is 5.84 Å². The van der Waals surface area contributed by atoms with Crippen LogP contribution in [0.5, 0.6) is 0 Å². The lowest BCUT2D eigenvalue weighted by molar-refractivity contribution is -0.154. The van der Waals surface area contributed by atoms with E-state index in [0.29, 0.717) is 0 Å². The molecule has 0 aromatic heterocycles. The highest BCUT2D eigenvalue weighted by Crippen LogP contribution is 2.19. The van der Waals surface area contributed by atoms with Crippen molar-refractivity contribution >= 4 is 5.91 Å².